The fourth-order valence-electron chi connectivity index (χ4n) is 1.18. The second-order valence-electron chi connectivity index (χ2n) is 2.95. The molecule has 0 aliphatic carbocycles. The zero-order chi connectivity index (χ0) is 10.8. The summed E-state index contributed by atoms with van der Waals surface area (Å²) in [5.41, 5.74) is 6.04. The normalized spacial score (nSPS) is 10.2. The summed E-state index contributed by atoms with van der Waals surface area (Å²) in [4.78, 5) is 11.7. The van der Waals surface area contributed by atoms with Gasteiger partial charge in [0, 0.05) is 11.1 Å². The molecular weight excluding hydrogens is 215 g/mol. The molecule has 0 bridgehead atoms. The van der Waals surface area contributed by atoms with E-state index in [2.05, 4.69) is 4.37 Å². The molecule has 1 aromatic carbocycles. The monoisotopic (exact) mass is 222 g/mol. The number of aromatic nitrogens is 1. The van der Waals surface area contributed by atoms with E-state index in [1.165, 1.54) is 18.2 Å². The molecule has 76 valence electrons. The summed E-state index contributed by atoms with van der Waals surface area (Å²) in [6.45, 7) is 0. The summed E-state index contributed by atoms with van der Waals surface area (Å²) >= 11 is 1.15. The predicted octanol–water partition coefficient (Wildman–Crippen LogP) is 2.10. The molecule has 0 fully saturated rings. The average molecular weight is 222 g/mol. The van der Waals surface area contributed by atoms with Crippen LogP contribution in [0.5, 0.6) is 0 Å². The van der Waals surface area contributed by atoms with Gasteiger partial charge in [0.05, 0.1) is 5.56 Å². The minimum Gasteiger partial charge on any atom is -0.399 e. The number of anilines is 1. The van der Waals surface area contributed by atoms with Crippen molar-refractivity contribution in [3.8, 4) is 0 Å². The van der Waals surface area contributed by atoms with Gasteiger partial charge in [-0.1, -0.05) is 0 Å². The first-order valence-corrected chi connectivity index (χ1v) is 5.02. The molecule has 0 amide bonds. The Morgan fingerprint density at radius 2 is 2.20 bits per heavy atom. The molecule has 2 aromatic rings. The van der Waals surface area contributed by atoms with E-state index < -0.39 is 11.6 Å². The highest BCUT2D eigenvalue weighted by molar-refractivity contribution is 7.03. The van der Waals surface area contributed by atoms with Crippen LogP contribution in [0.3, 0.4) is 0 Å². The van der Waals surface area contributed by atoms with Crippen molar-refractivity contribution < 1.29 is 9.18 Å². The van der Waals surface area contributed by atoms with E-state index in [4.69, 9.17) is 5.73 Å². The van der Waals surface area contributed by atoms with E-state index in [1.807, 2.05) is 0 Å². The number of hydrogen-bond donors (Lipinski definition) is 1. The first kappa shape index (κ1) is 9.79. The van der Waals surface area contributed by atoms with Crippen LogP contribution in [-0.4, -0.2) is 10.2 Å². The fourth-order valence-corrected chi connectivity index (χ4v) is 1.69. The van der Waals surface area contributed by atoms with Crippen molar-refractivity contribution in [2.24, 2.45) is 0 Å². The van der Waals surface area contributed by atoms with Gasteiger partial charge in [-0.25, -0.2) is 4.39 Å². The van der Waals surface area contributed by atoms with Crippen molar-refractivity contribution in [1.82, 2.24) is 4.37 Å². The van der Waals surface area contributed by atoms with Crippen LogP contribution in [0.2, 0.25) is 0 Å². The van der Waals surface area contributed by atoms with Crippen molar-refractivity contribution >= 4 is 23.0 Å². The van der Waals surface area contributed by atoms with Crippen molar-refractivity contribution in [3.05, 3.63) is 46.7 Å². The first-order valence-electron chi connectivity index (χ1n) is 4.18. The van der Waals surface area contributed by atoms with Crippen LogP contribution in [0.4, 0.5) is 10.1 Å². The summed E-state index contributed by atoms with van der Waals surface area (Å²) in [6, 6.07) is 5.45. The lowest BCUT2D eigenvalue weighted by molar-refractivity contribution is 0.103. The molecule has 2 rings (SSSR count). The molecule has 2 N–H and O–H groups in total. The van der Waals surface area contributed by atoms with E-state index in [-0.39, 0.29) is 11.3 Å². The summed E-state index contributed by atoms with van der Waals surface area (Å²) in [7, 11) is 0. The zero-order valence-corrected chi connectivity index (χ0v) is 8.42. The van der Waals surface area contributed by atoms with E-state index >= 15 is 0 Å². The SMILES string of the molecule is Nc1ccc(F)c(C(=O)c2ccsn2)c1. The third kappa shape index (κ3) is 1.87. The number of nitrogens with zero attached hydrogens (tertiary/aromatic N) is 1. The van der Waals surface area contributed by atoms with Gasteiger partial charge in [-0.15, -0.1) is 0 Å². The van der Waals surface area contributed by atoms with Crippen molar-refractivity contribution in [1.29, 1.82) is 0 Å². The topological polar surface area (TPSA) is 56.0 Å². The molecule has 3 nitrogen and oxygen atoms in total. The Morgan fingerprint density at radius 1 is 1.40 bits per heavy atom. The molecule has 1 aromatic heterocycles. The van der Waals surface area contributed by atoms with E-state index in [0.717, 1.165) is 11.5 Å². The molecule has 0 aliphatic heterocycles. The highest BCUT2D eigenvalue weighted by Gasteiger charge is 2.15. The summed E-state index contributed by atoms with van der Waals surface area (Å²) in [6.07, 6.45) is 0. The fraction of sp³-hybridized carbons (Fsp3) is 0. The predicted molar refractivity (Wildman–Crippen MR) is 56.4 cm³/mol. The number of carbonyl (C=O) groups excluding carboxylic acids is 1. The van der Waals surface area contributed by atoms with Gasteiger partial charge < -0.3 is 5.73 Å². The Morgan fingerprint density at radius 3 is 2.87 bits per heavy atom. The maximum Gasteiger partial charge on any atom is 0.215 e. The van der Waals surface area contributed by atoms with E-state index in [0.29, 0.717) is 5.69 Å². The van der Waals surface area contributed by atoms with Gasteiger partial charge in [-0.2, -0.15) is 4.37 Å². The lowest BCUT2D eigenvalue weighted by atomic mass is 10.1. The van der Waals surface area contributed by atoms with Gasteiger partial charge in [0.15, 0.2) is 0 Å². The molecule has 0 unspecified atom stereocenters. The highest BCUT2D eigenvalue weighted by Crippen LogP contribution is 2.16. The molecule has 0 saturated heterocycles. The number of halogens is 1. The quantitative estimate of drug-likeness (QED) is 0.625. The van der Waals surface area contributed by atoms with Crippen molar-refractivity contribution in [2.45, 2.75) is 0 Å². The van der Waals surface area contributed by atoms with Crippen LogP contribution >= 0.6 is 11.5 Å². The molecule has 0 atom stereocenters. The third-order valence-corrected chi connectivity index (χ3v) is 2.47. The second-order valence-corrected chi connectivity index (χ2v) is 3.62. The molecule has 1 heterocycles. The first-order chi connectivity index (χ1) is 7.18. The number of nitrogen functional groups attached to an aromatic ring is 1. The maximum atomic E-state index is 13.3. The minimum absolute atomic E-state index is 0.0408. The summed E-state index contributed by atoms with van der Waals surface area (Å²) in [5.74, 6) is -1.02. The van der Waals surface area contributed by atoms with Gasteiger partial charge >= 0.3 is 0 Å². The highest BCUT2D eigenvalue weighted by atomic mass is 32.1. The Bertz CT molecular complexity index is 496. The third-order valence-electron chi connectivity index (χ3n) is 1.91. The molecule has 0 aliphatic rings. The van der Waals surface area contributed by atoms with Crippen molar-refractivity contribution in [2.75, 3.05) is 5.73 Å². The Balaban J connectivity index is 2.46. The Kier molecular flexibility index (Phi) is 2.47. The number of hydrogen-bond acceptors (Lipinski definition) is 4. The molecule has 5 heteroatoms. The smallest absolute Gasteiger partial charge is 0.215 e. The van der Waals surface area contributed by atoms with Crippen LogP contribution in [0.1, 0.15) is 16.1 Å². The molecule has 0 radical (unpaired) electrons. The van der Waals surface area contributed by atoms with Crippen molar-refractivity contribution in [3.63, 3.8) is 0 Å². The number of benzene rings is 1. The molecule has 0 spiro atoms. The van der Waals surface area contributed by atoms with Gasteiger partial charge in [0.25, 0.3) is 0 Å². The number of rotatable bonds is 2. The minimum atomic E-state index is -0.581. The lowest BCUT2D eigenvalue weighted by Crippen LogP contribution is -2.05. The second kappa shape index (κ2) is 3.78. The summed E-state index contributed by atoms with van der Waals surface area (Å²) in [5, 5.41) is 1.66. The summed E-state index contributed by atoms with van der Waals surface area (Å²) < 4.78 is 17.2. The van der Waals surface area contributed by atoms with E-state index in [9.17, 15) is 9.18 Å². The average Bonchev–Trinajstić information content (AvgIpc) is 2.74. The van der Waals surface area contributed by atoms with Crippen LogP contribution < -0.4 is 5.73 Å². The Labute approximate surface area is 89.5 Å². The molecule has 15 heavy (non-hydrogen) atoms. The van der Waals surface area contributed by atoms with Crippen LogP contribution in [-0.2, 0) is 0 Å². The van der Waals surface area contributed by atoms with Crippen LogP contribution in [0.15, 0.2) is 29.6 Å². The van der Waals surface area contributed by atoms with Crippen LogP contribution in [0.25, 0.3) is 0 Å². The van der Waals surface area contributed by atoms with Gasteiger partial charge in [0.2, 0.25) is 5.78 Å². The lowest BCUT2D eigenvalue weighted by Gasteiger charge is -2.00. The maximum absolute atomic E-state index is 13.3. The van der Waals surface area contributed by atoms with Gasteiger partial charge in [-0.3, -0.25) is 4.79 Å². The Hall–Kier alpha value is -1.75. The zero-order valence-electron chi connectivity index (χ0n) is 7.61. The molecular formula is C10H7FN2OS. The number of ketones is 1. The number of nitrogens with two attached hydrogens (primary N) is 1. The molecule has 0 saturated carbocycles. The largest absolute Gasteiger partial charge is 0.399 e. The van der Waals surface area contributed by atoms with E-state index in [1.54, 1.807) is 11.4 Å². The standard InChI is InChI=1S/C10H7FN2OS/c11-8-2-1-6(12)5-7(8)10(14)9-3-4-15-13-9/h1-5H,12H2. The van der Waals surface area contributed by atoms with Gasteiger partial charge in [0.1, 0.15) is 11.5 Å². The number of carbonyl (C=O) groups is 1. The van der Waals surface area contributed by atoms with Gasteiger partial charge in [-0.05, 0) is 35.8 Å². The van der Waals surface area contributed by atoms with Crippen LogP contribution in [0, 0.1) is 5.82 Å².